The van der Waals surface area contributed by atoms with Gasteiger partial charge in [0, 0.05) is 37.3 Å². The first-order valence-corrected chi connectivity index (χ1v) is 9.25. The summed E-state index contributed by atoms with van der Waals surface area (Å²) in [5.74, 6) is 0.494. The molecule has 132 valence electrons. The number of ether oxygens (including phenoxy) is 1. The number of rotatable bonds is 6. The van der Waals surface area contributed by atoms with Crippen LogP contribution in [0.3, 0.4) is 0 Å². The number of benzene rings is 1. The molecule has 1 saturated carbocycles. The van der Waals surface area contributed by atoms with Crippen molar-refractivity contribution in [3.8, 4) is 0 Å². The van der Waals surface area contributed by atoms with Crippen LogP contribution in [0.15, 0.2) is 24.3 Å². The highest BCUT2D eigenvalue weighted by Gasteiger charge is 2.38. The number of urea groups is 1. The van der Waals surface area contributed by atoms with E-state index in [4.69, 9.17) is 4.74 Å². The SMILES string of the molecule is CCCNc1ccc(CNC(=O)N[C@@H]2CCC[C@@H]3OCC[C@@H]32)cc1. The highest BCUT2D eigenvalue weighted by Crippen LogP contribution is 2.34. The van der Waals surface area contributed by atoms with Crippen LogP contribution in [0.1, 0.15) is 44.6 Å². The van der Waals surface area contributed by atoms with E-state index in [0.29, 0.717) is 18.6 Å². The van der Waals surface area contributed by atoms with Crippen LogP contribution in [0.2, 0.25) is 0 Å². The van der Waals surface area contributed by atoms with E-state index < -0.39 is 0 Å². The van der Waals surface area contributed by atoms with E-state index in [1.165, 1.54) is 0 Å². The zero-order valence-electron chi connectivity index (χ0n) is 14.5. The molecule has 0 spiro atoms. The smallest absolute Gasteiger partial charge is 0.315 e. The van der Waals surface area contributed by atoms with Crippen molar-refractivity contribution in [2.75, 3.05) is 18.5 Å². The van der Waals surface area contributed by atoms with Gasteiger partial charge in [0.1, 0.15) is 0 Å². The number of carbonyl (C=O) groups is 1. The third-order valence-electron chi connectivity index (χ3n) is 5.08. The second-order valence-electron chi connectivity index (χ2n) is 6.85. The van der Waals surface area contributed by atoms with Crippen LogP contribution in [0.5, 0.6) is 0 Å². The number of anilines is 1. The quantitative estimate of drug-likeness (QED) is 0.750. The molecule has 1 aromatic carbocycles. The molecule has 1 saturated heterocycles. The van der Waals surface area contributed by atoms with Crippen molar-refractivity contribution in [1.29, 1.82) is 0 Å². The van der Waals surface area contributed by atoms with Crippen molar-refractivity contribution in [1.82, 2.24) is 10.6 Å². The number of fused-ring (bicyclic) bond motifs is 1. The molecule has 1 aliphatic carbocycles. The van der Waals surface area contributed by atoms with E-state index in [1.807, 2.05) is 0 Å². The van der Waals surface area contributed by atoms with Crippen LogP contribution in [-0.4, -0.2) is 31.3 Å². The van der Waals surface area contributed by atoms with Crippen LogP contribution in [-0.2, 0) is 11.3 Å². The predicted octanol–water partition coefficient (Wildman–Crippen LogP) is 3.27. The first-order chi connectivity index (χ1) is 11.8. The summed E-state index contributed by atoms with van der Waals surface area (Å²) in [6.07, 6.45) is 5.88. The van der Waals surface area contributed by atoms with E-state index in [1.54, 1.807) is 0 Å². The maximum absolute atomic E-state index is 12.2. The second-order valence-corrected chi connectivity index (χ2v) is 6.85. The number of nitrogens with one attached hydrogen (secondary N) is 3. The fourth-order valence-electron chi connectivity index (χ4n) is 3.77. The average molecular weight is 331 g/mol. The van der Waals surface area contributed by atoms with Crippen molar-refractivity contribution in [2.24, 2.45) is 5.92 Å². The zero-order chi connectivity index (χ0) is 16.8. The van der Waals surface area contributed by atoms with Crippen molar-refractivity contribution >= 4 is 11.7 Å². The fraction of sp³-hybridized carbons (Fsp3) is 0.632. The maximum Gasteiger partial charge on any atom is 0.315 e. The van der Waals surface area contributed by atoms with E-state index in [9.17, 15) is 4.79 Å². The zero-order valence-corrected chi connectivity index (χ0v) is 14.5. The Hall–Kier alpha value is -1.75. The molecule has 1 heterocycles. The van der Waals surface area contributed by atoms with Crippen LogP contribution < -0.4 is 16.0 Å². The van der Waals surface area contributed by atoms with Gasteiger partial charge >= 0.3 is 6.03 Å². The second kappa shape index (κ2) is 8.38. The van der Waals surface area contributed by atoms with Crippen LogP contribution in [0, 0.1) is 5.92 Å². The molecule has 3 rings (SSSR count). The van der Waals surface area contributed by atoms with E-state index in [2.05, 4.69) is 47.1 Å². The van der Waals surface area contributed by atoms with Crippen molar-refractivity contribution in [3.05, 3.63) is 29.8 Å². The van der Waals surface area contributed by atoms with Gasteiger partial charge in [-0.3, -0.25) is 0 Å². The number of carbonyl (C=O) groups excluding carboxylic acids is 1. The molecule has 3 atom stereocenters. The standard InChI is InChI=1S/C19H29N3O2/c1-2-11-20-15-8-6-14(7-9-15)13-21-19(23)22-17-4-3-5-18-16(17)10-12-24-18/h6-9,16-18,20H,2-5,10-13H2,1H3,(H2,21,22,23)/t16-,17-,18+/m1/s1. The summed E-state index contributed by atoms with van der Waals surface area (Å²) in [5.41, 5.74) is 2.23. The molecule has 2 amide bonds. The Morgan fingerprint density at radius 2 is 2.04 bits per heavy atom. The molecule has 2 fully saturated rings. The molecule has 3 N–H and O–H groups in total. The molecular weight excluding hydrogens is 302 g/mol. The lowest BCUT2D eigenvalue weighted by Crippen LogP contribution is -2.49. The van der Waals surface area contributed by atoms with Gasteiger partial charge < -0.3 is 20.7 Å². The molecule has 1 aliphatic heterocycles. The minimum Gasteiger partial charge on any atom is -0.385 e. The Kier molecular flexibility index (Phi) is 5.96. The first-order valence-electron chi connectivity index (χ1n) is 9.25. The van der Waals surface area contributed by atoms with Gasteiger partial charge in [0.15, 0.2) is 0 Å². The minimum absolute atomic E-state index is 0.0688. The van der Waals surface area contributed by atoms with Gasteiger partial charge in [0.05, 0.1) is 6.10 Å². The first kappa shape index (κ1) is 17.1. The third kappa shape index (κ3) is 4.41. The maximum atomic E-state index is 12.2. The average Bonchev–Trinajstić information content (AvgIpc) is 3.09. The summed E-state index contributed by atoms with van der Waals surface area (Å²) in [4.78, 5) is 12.2. The van der Waals surface area contributed by atoms with Crippen molar-refractivity contribution in [3.63, 3.8) is 0 Å². The molecule has 0 unspecified atom stereocenters. The molecule has 5 heteroatoms. The molecule has 0 bridgehead atoms. The van der Waals surface area contributed by atoms with E-state index in [0.717, 1.165) is 56.5 Å². The third-order valence-corrected chi connectivity index (χ3v) is 5.08. The molecule has 2 aliphatic rings. The van der Waals surface area contributed by atoms with Crippen LogP contribution >= 0.6 is 0 Å². The Labute approximate surface area is 144 Å². The normalized spacial score (nSPS) is 25.8. The summed E-state index contributed by atoms with van der Waals surface area (Å²) < 4.78 is 5.76. The lowest BCUT2D eigenvalue weighted by atomic mass is 9.82. The predicted molar refractivity (Wildman–Crippen MR) is 96.1 cm³/mol. The van der Waals surface area contributed by atoms with Gasteiger partial charge in [-0.2, -0.15) is 0 Å². The van der Waals surface area contributed by atoms with Gasteiger partial charge in [0.2, 0.25) is 0 Å². The van der Waals surface area contributed by atoms with Gasteiger partial charge in [0.25, 0.3) is 0 Å². The lowest BCUT2D eigenvalue weighted by molar-refractivity contribution is 0.0549. The van der Waals surface area contributed by atoms with Crippen LogP contribution in [0.25, 0.3) is 0 Å². The molecule has 0 aromatic heterocycles. The Balaban J connectivity index is 1.43. The largest absolute Gasteiger partial charge is 0.385 e. The van der Waals surface area contributed by atoms with Crippen LogP contribution in [0.4, 0.5) is 10.5 Å². The van der Waals surface area contributed by atoms with Crippen molar-refractivity contribution < 1.29 is 9.53 Å². The highest BCUT2D eigenvalue weighted by atomic mass is 16.5. The molecular formula is C19H29N3O2. The van der Waals surface area contributed by atoms with Gasteiger partial charge in [-0.15, -0.1) is 0 Å². The number of hydrogen-bond donors (Lipinski definition) is 3. The molecule has 5 nitrogen and oxygen atoms in total. The Morgan fingerprint density at radius 3 is 2.83 bits per heavy atom. The highest BCUT2D eigenvalue weighted by molar-refractivity contribution is 5.74. The monoisotopic (exact) mass is 331 g/mol. The summed E-state index contributed by atoms with van der Waals surface area (Å²) in [7, 11) is 0. The van der Waals surface area contributed by atoms with E-state index >= 15 is 0 Å². The molecule has 0 radical (unpaired) electrons. The lowest BCUT2D eigenvalue weighted by Gasteiger charge is -2.33. The molecule has 1 aromatic rings. The Bertz CT molecular complexity index is 532. The summed E-state index contributed by atoms with van der Waals surface area (Å²) in [6, 6.07) is 8.42. The van der Waals surface area contributed by atoms with E-state index in [-0.39, 0.29) is 12.1 Å². The summed E-state index contributed by atoms with van der Waals surface area (Å²) in [6.45, 7) is 4.52. The topological polar surface area (TPSA) is 62.4 Å². The number of amides is 2. The van der Waals surface area contributed by atoms with Crippen molar-refractivity contribution in [2.45, 2.75) is 57.7 Å². The Morgan fingerprint density at radius 1 is 1.21 bits per heavy atom. The van der Waals surface area contributed by atoms with Gasteiger partial charge in [-0.05, 0) is 49.8 Å². The minimum atomic E-state index is -0.0688. The summed E-state index contributed by atoms with van der Waals surface area (Å²) >= 11 is 0. The fourth-order valence-corrected chi connectivity index (χ4v) is 3.77. The molecule has 24 heavy (non-hydrogen) atoms. The van der Waals surface area contributed by atoms with Gasteiger partial charge in [-0.1, -0.05) is 19.1 Å². The number of hydrogen-bond acceptors (Lipinski definition) is 3. The summed E-state index contributed by atoms with van der Waals surface area (Å²) in [5, 5.41) is 9.49. The van der Waals surface area contributed by atoms with Gasteiger partial charge in [-0.25, -0.2) is 4.79 Å².